The van der Waals surface area contributed by atoms with Crippen molar-refractivity contribution in [2.75, 3.05) is 19.0 Å². The van der Waals surface area contributed by atoms with E-state index in [1.54, 1.807) is 6.08 Å². The third-order valence-corrected chi connectivity index (χ3v) is 17.3. The molecule has 9 nitrogen and oxygen atoms in total. The van der Waals surface area contributed by atoms with Gasteiger partial charge in [-0.05, 0) is 127 Å². The summed E-state index contributed by atoms with van der Waals surface area (Å²) < 4.78 is 40.8. The first-order chi connectivity index (χ1) is 22.9. The average Bonchev–Trinajstić information content (AvgIpc) is 3.71. The summed E-state index contributed by atoms with van der Waals surface area (Å²) in [6.07, 6.45) is 10.9. The van der Waals surface area contributed by atoms with Crippen LogP contribution in [0.5, 0.6) is 0 Å². The Balaban J connectivity index is 1.16. The van der Waals surface area contributed by atoms with E-state index in [0.29, 0.717) is 31.5 Å². The lowest BCUT2D eigenvalue weighted by Gasteiger charge is -2.67. The van der Waals surface area contributed by atoms with E-state index in [0.717, 1.165) is 62.7 Å². The molecule has 8 rings (SSSR count). The van der Waals surface area contributed by atoms with Crippen LogP contribution in [0.25, 0.3) is 0 Å². The normalized spacial score (nSPS) is 50.6. The zero-order valence-electron chi connectivity index (χ0n) is 30.9. The average molecular weight is 734 g/mol. The summed E-state index contributed by atoms with van der Waals surface area (Å²) >= 11 is 1.81. The van der Waals surface area contributed by atoms with Gasteiger partial charge in [0.2, 0.25) is 12.1 Å². The molecule has 4 aliphatic carbocycles. The van der Waals surface area contributed by atoms with Crippen LogP contribution in [0.15, 0.2) is 16.6 Å². The number of thioether (sulfide) groups is 1. The Morgan fingerprint density at radius 2 is 1.80 bits per heavy atom. The van der Waals surface area contributed by atoms with Gasteiger partial charge in [-0.3, -0.25) is 4.99 Å². The fourth-order valence-corrected chi connectivity index (χ4v) is 15.4. The van der Waals surface area contributed by atoms with Crippen molar-refractivity contribution < 1.29 is 37.7 Å². The molecule has 0 bridgehead atoms. The van der Waals surface area contributed by atoms with Crippen LogP contribution in [0.1, 0.15) is 71.6 Å². The molecule has 0 radical (unpaired) electrons. The predicted molar refractivity (Wildman–Crippen MR) is 194 cm³/mol. The van der Waals surface area contributed by atoms with Crippen molar-refractivity contribution in [2.24, 2.45) is 39.5 Å². The number of ether oxygens (including phenoxy) is 4. The van der Waals surface area contributed by atoms with Crippen LogP contribution < -0.4 is 0 Å². The zero-order valence-corrected chi connectivity index (χ0v) is 33.7. The molecule has 4 aliphatic heterocycles. The van der Waals surface area contributed by atoms with E-state index < -0.39 is 39.2 Å². The number of esters is 1. The minimum Gasteiger partial charge on any atom is -0.458 e. The first-order valence-electron chi connectivity index (χ1n) is 19.0. The van der Waals surface area contributed by atoms with Crippen LogP contribution in [-0.2, 0) is 32.6 Å². The molecule has 8 aliphatic rings. The number of cyclic esters (lactones) is 1. The Labute approximate surface area is 299 Å². The number of carbonyl (C=O) groups is 1. The van der Waals surface area contributed by atoms with Crippen molar-refractivity contribution in [3.8, 4) is 0 Å². The maximum atomic E-state index is 13.0. The monoisotopic (exact) mass is 733 g/mol. The maximum absolute atomic E-state index is 13.0. The molecule has 0 aromatic heterocycles. The lowest BCUT2D eigenvalue weighted by atomic mass is 9.42. The molecular weight excluding hydrogens is 675 g/mol. The number of hydrogen-bond donors (Lipinski definition) is 1. The molecule has 49 heavy (non-hydrogen) atoms. The Morgan fingerprint density at radius 1 is 1.00 bits per heavy atom. The summed E-state index contributed by atoms with van der Waals surface area (Å²) in [5, 5.41) is 13.0. The van der Waals surface area contributed by atoms with Crippen LogP contribution in [-0.4, -0.2) is 93.8 Å². The van der Waals surface area contributed by atoms with E-state index in [-0.39, 0.29) is 46.9 Å². The molecule has 4 saturated carbocycles. The summed E-state index contributed by atoms with van der Waals surface area (Å²) in [7, 11) is -4.05. The first-order valence-corrected chi connectivity index (χ1v) is 26.8. The van der Waals surface area contributed by atoms with Crippen molar-refractivity contribution in [1.82, 2.24) is 0 Å². The number of nitrogens with zero attached hydrogens (tertiary/aromatic N) is 1. The second kappa shape index (κ2) is 11.7. The summed E-state index contributed by atoms with van der Waals surface area (Å²) in [6, 6.07) is 0. The van der Waals surface area contributed by atoms with Crippen molar-refractivity contribution >= 4 is 40.6 Å². The van der Waals surface area contributed by atoms with E-state index in [1.807, 2.05) is 18.0 Å². The van der Waals surface area contributed by atoms with E-state index in [1.165, 1.54) is 0 Å². The molecular formula is C37H59NO8SSi2. The molecule has 1 spiro atoms. The van der Waals surface area contributed by atoms with Gasteiger partial charge in [0.25, 0.3) is 0 Å². The molecule has 0 aromatic rings. The van der Waals surface area contributed by atoms with Crippen LogP contribution in [0.2, 0.25) is 39.3 Å². The number of fused-ring (bicyclic) bond motifs is 8. The quantitative estimate of drug-likeness (QED) is 0.182. The second-order valence-electron chi connectivity index (χ2n) is 19.0. The van der Waals surface area contributed by atoms with Gasteiger partial charge in [-0.25, -0.2) is 4.79 Å². The number of hydrogen-bond acceptors (Lipinski definition) is 10. The van der Waals surface area contributed by atoms with Gasteiger partial charge in [0.1, 0.15) is 6.61 Å². The molecule has 12 heteroatoms. The standard InChI is InChI=1S/C37H59NO8SSi2/c1-23-19-36(38-15-16-47-36)37(46-49(6,7)8)32(43-23)44-29-18-25-9-10-28-27(34(25,20-30(29)45-37)22-42-48(3,4)5)11-13-33(2)26(12-14-35(28,33)40)24-17-31(39)41-21-24/h15,17,23,25-30,32,40H,9-14,16,18-22H2,1-8H3/t23-,25+,26-,27+,28-,29-,30-,32+,33-,34-,35+,36+,37+/m1/s1. The number of aliphatic hydroxyl groups is 1. The van der Waals surface area contributed by atoms with Crippen molar-refractivity contribution in [3.05, 3.63) is 11.6 Å². The van der Waals surface area contributed by atoms with E-state index >= 15 is 0 Å². The molecule has 274 valence electrons. The Morgan fingerprint density at radius 3 is 2.47 bits per heavy atom. The third-order valence-electron chi connectivity index (χ3n) is 14.0. The minimum atomic E-state index is -2.17. The molecule has 4 heterocycles. The van der Waals surface area contributed by atoms with Crippen molar-refractivity contribution in [3.63, 3.8) is 0 Å². The molecule has 1 N–H and O–H groups in total. The van der Waals surface area contributed by atoms with Gasteiger partial charge in [-0.15, -0.1) is 11.8 Å². The van der Waals surface area contributed by atoms with E-state index in [2.05, 4.69) is 53.1 Å². The topological polar surface area (TPSA) is 105 Å². The maximum Gasteiger partial charge on any atom is 0.331 e. The van der Waals surface area contributed by atoms with Gasteiger partial charge < -0.3 is 32.9 Å². The minimum absolute atomic E-state index is 0.0215. The summed E-state index contributed by atoms with van der Waals surface area (Å²) in [5.74, 6) is 0.510. The fraction of sp³-hybridized carbons (Fsp3) is 0.892. The van der Waals surface area contributed by atoms with Gasteiger partial charge >= 0.3 is 5.97 Å². The first kappa shape index (κ1) is 35.5. The lowest BCUT2D eigenvalue weighted by Crippen LogP contribution is -2.75. The van der Waals surface area contributed by atoms with Crippen LogP contribution in [0, 0.1) is 34.5 Å². The van der Waals surface area contributed by atoms with Crippen molar-refractivity contribution in [1.29, 1.82) is 0 Å². The van der Waals surface area contributed by atoms with Crippen LogP contribution in [0.4, 0.5) is 0 Å². The molecule has 0 aromatic carbocycles. The van der Waals surface area contributed by atoms with Crippen LogP contribution >= 0.6 is 11.8 Å². The Hall–Kier alpha value is -0.576. The number of aliphatic imine (C=N–C) groups is 1. The van der Waals surface area contributed by atoms with Crippen molar-refractivity contribution in [2.45, 2.75) is 152 Å². The van der Waals surface area contributed by atoms with Crippen LogP contribution in [0.3, 0.4) is 0 Å². The zero-order chi connectivity index (χ0) is 34.8. The molecule has 6 fully saturated rings. The highest BCUT2D eigenvalue weighted by Crippen LogP contribution is 2.71. The predicted octanol–water partition coefficient (Wildman–Crippen LogP) is 6.67. The lowest BCUT2D eigenvalue weighted by molar-refractivity contribution is -0.440. The fourth-order valence-electron chi connectivity index (χ4n) is 12.1. The SMILES string of the molecule is C[C@@H]1C[C@@]2(N=CCS2)[C@]2(O[Si](C)(C)C)O[C@@H]3C[C@@]4(CO[Si](C)(C)C)[C@@H](CC[C@@H]5[C@@H]4CC[C@]4(C)[C@@H](C6=CC(=O)OC6)CC[C@]54O)C[C@H]3O[C@@H]2O1. The highest BCUT2D eigenvalue weighted by Gasteiger charge is 2.73. The second-order valence-corrected chi connectivity index (χ2v) is 29.2. The third kappa shape index (κ3) is 5.42. The Bertz CT molecular complexity index is 1420. The van der Waals surface area contributed by atoms with Gasteiger partial charge in [-0.2, -0.15) is 0 Å². The highest BCUT2D eigenvalue weighted by molar-refractivity contribution is 8.01. The molecule has 2 saturated heterocycles. The largest absolute Gasteiger partial charge is 0.458 e. The Kier molecular flexibility index (Phi) is 8.47. The molecule has 13 atom stereocenters. The summed E-state index contributed by atoms with van der Waals surface area (Å²) in [5.41, 5.74) is -0.158. The van der Waals surface area contributed by atoms with Gasteiger partial charge in [0, 0.05) is 41.9 Å². The number of rotatable bonds is 6. The number of carbonyl (C=O) groups excluding carboxylic acids is 1. The molecule has 0 amide bonds. The van der Waals surface area contributed by atoms with Gasteiger partial charge in [-0.1, -0.05) is 6.92 Å². The van der Waals surface area contributed by atoms with E-state index in [4.69, 9.17) is 32.8 Å². The molecule has 0 unspecified atom stereocenters. The van der Waals surface area contributed by atoms with E-state index in [9.17, 15) is 9.90 Å². The van der Waals surface area contributed by atoms with Gasteiger partial charge in [0.05, 0.1) is 23.9 Å². The smallest absolute Gasteiger partial charge is 0.331 e. The summed E-state index contributed by atoms with van der Waals surface area (Å²) in [4.78, 5) is 16.7. The van der Waals surface area contributed by atoms with Gasteiger partial charge in [0.15, 0.2) is 21.5 Å². The highest BCUT2D eigenvalue weighted by atomic mass is 32.2. The summed E-state index contributed by atoms with van der Waals surface area (Å²) in [6.45, 7) is 19.0.